The first-order chi connectivity index (χ1) is 16.9. The van der Waals surface area contributed by atoms with Crippen LogP contribution in [0.3, 0.4) is 0 Å². The first-order valence-electron chi connectivity index (χ1n) is 13.0. The summed E-state index contributed by atoms with van der Waals surface area (Å²) < 4.78 is 15.3. The summed E-state index contributed by atoms with van der Waals surface area (Å²) in [5, 5.41) is 6.19. The molecular weight excluding hydrogens is 442 g/mol. The van der Waals surface area contributed by atoms with E-state index in [0.717, 1.165) is 46.4 Å². The maximum Gasteiger partial charge on any atom is 0.228 e. The molecule has 3 nitrogen and oxygen atoms in total. The largest absolute Gasteiger partial charge is 0.464 e. The molecule has 3 aromatic carbocycles. The number of nitrogens with zero attached hydrogens (tertiary/aromatic N) is 1. The van der Waals surface area contributed by atoms with Crippen molar-refractivity contribution in [2.45, 2.75) is 61.3 Å². The third-order valence-electron chi connectivity index (χ3n) is 7.39. The third kappa shape index (κ3) is 3.51. The summed E-state index contributed by atoms with van der Waals surface area (Å²) in [5.74, 6) is 1.93. The summed E-state index contributed by atoms with van der Waals surface area (Å²) >= 11 is 0. The van der Waals surface area contributed by atoms with Gasteiger partial charge in [0.05, 0.1) is 17.2 Å². The maximum atomic E-state index is 6.93. The first kappa shape index (κ1) is 23.1. The van der Waals surface area contributed by atoms with Gasteiger partial charge in [-0.25, -0.2) is 4.57 Å². The molecule has 0 radical (unpaired) electrons. The molecule has 3 heterocycles. The van der Waals surface area contributed by atoms with Crippen molar-refractivity contribution in [3.63, 3.8) is 0 Å². The van der Waals surface area contributed by atoms with Crippen LogP contribution < -0.4 is 9.30 Å². The van der Waals surface area contributed by atoms with Gasteiger partial charge in [0.15, 0.2) is 6.20 Å². The minimum absolute atomic E-state index is 0.107. The molecule has 0 aliphatic carbocycles. The van der Waals surface area contributed by atoms with Crippen molar-refractivity contribution < 1.29 is 13.7 Å². The van der Waals surface area contributed by atoms with Gasteiger partial charge in [0.2, 0.25) is 5.69 Å². The second-order valence-corrected chi connectivity index (χ2v) is 13.0. The Balaban J connectivity index is 1.76. The van der Waals surface area contributed by atoms with E-state index in [1.54, 1.807) is 0 Å². The molecule has 5 aromatic rings. The molecule has 0 saturated heterocycles. The second kappa shape index (κ2) is 7.59. The lowest BCUT2D eigenvalue weighted by molar-refractivity contribution is -0.659. The van der Waals surface area contributed by atoms with E-state index in [2.05, 4.69) is 103 Å². The van der Waals surface area contributed by atoms with Gasteiger partial charge in [0.1, 0.15) is 24.1 Å². The van der Waals surface area contributed by atoms with Gasteiger partial charge in [0.25, 0.3) is 0 Å². The zero-order valence-corrected chi connectivity index (χ0v) is 22.8. The van der Waals surface area contributed by atoms with Gasteiger partial charge >= 0.3 is 0 Å². The maximum absolute atomic E-state index is 6.93. The molecule has 36 heavy (non-hydrogen) atoms. The molecule has 0 fully saturated rings. The summed E-state index contributed by atoms with van der Waals surface area (Å²) in [4.78, 5) is 0. The number of fused-ring (bicyclic) bond motifs is 5. The Morgan fingerprint density at radius 1 is 0.861 bits per heavy atom. The topological polar surface area (TPSA) is 26.2 Å². The third-order valence-corrected chi connectivity index (χ3v) is 7.39. The molecule has 0 N–H and O–H groups in total. The fraction of sp³-hybridized carbons (Fsp3) is 0.364. The average Bonchev–Trinajstić information content (AvgIpc) is 3.26. The van der Waals surface area contributed by atoms with Gasteiger partial charge in [-0.15, -0.1) is 0 Å². The van der Waals surface area contributed by atoms with Gasteiger partial charge in [-0.2, -0.15) is 0 Å². The zero-order valence-electron chi connectivity index (χ0n) is 22.8. The van der Waals surface area contributed by atoms with Crippen molar-refractivity contribution in [1.82, 2.24) is 0 Å². The van der Waals surface area contributed by atoms with Crippen LogP contribution in [0, 0.1) is 17.8 Å². The number of hydrogen-bond donors (Lipinski definition) is 0. The molecule has 0 saturated carbocycles. The van der Waals surface area contributed by atoms with Crippen molar-refractivity contribution >= 4 is 32.5 Å². The van der Waals surface area contributed by atoms with Crippen molar-refractivity contribution in [1.29, 1.82) is 0 Å². The fourth-order valence-electron chi connectivity index (χ4n) is 6.10. The number of hydrogen-bond acceptors (Lipinski definition) is 2. The SMILES string of the molecule is Cc1c2c(c(CC(C)(C)C)c3ccoc13)Oc1cc3cccc(CC(C)(C)C)c3c3cc[n+](C)c-2c13. The molecule has 1 aliphatic rings. The summed E-state index contributed by atoms with van der Waals surface area (Å²) in [6.45, 7) is 16.0. The average molecular weight is 479 g/mol. The van der Waals surface area contributed by atoms with E-state index < -0.39 is 0 Å². The van der Waals surface area contributed by atoms with E-state index in [0.29, 0.717) is 0 Å². The van der Waals surface area contributed by atoms with Crippen LogP contribution in [-0.4, -0.2) is 0 Å². The van der Waals surface area contributed by atoms with Crippen LogP contribution >= 0.6 is 0 Å². The van der Waals surface area contributed by atoms with E-state index in [9.17, 15) is 0 Å². The van der Waals surface area contributed by atoms with E-state index in [-0.39, 0.29) is 10.8 Å². The number of pyridine rings is 1. The zero-order chi connectivity index (χ0) is 25.6. The van der Waals surface area contributed by atoms with Gasteiger partial charge < -0.3 is 9.15 Å². The summed E-state index contributed by atoms with van der Waals surface area (Å²) in [7, 11) is 2.15. The van der Waals surface area contributed by atoms with Crippen molar-refractivity contribution in [2.75, 3.05) is 0 Å². The number of furan rings is 1. The Labute approximate surface area is 213 Å². The van der Waals surface area contributed by atoms with Gasteiger partial charge in [-0.1, -0.05) is 59.7 Å². The smallest absolute Gasteiger partial charge is 0.228 e. The lowest BCUT2D eigenvalue weighted by Crippen LogP contribution is -2.32. The standard InChI is InChI=1S/C33H36NO2/c1-19-26-29-28-23(12-14-34(29)8)27-20(10-9-11-21(27)17-32(2,3)4)16-25(28)36-31(26)24(18-33(5,6)7)22-13-15-35-30(19)22/h9-16H,17-18H2,1-8H3/q+1. The highest BCUT2D eigenvalue weighted by Crippen LogP contribution is 2.53. The molecule has 1 aliphatic heterocycles. The lowest BCUT2D eigenvalue weighted by atomic mass is 9.82. The summed E-state index contributed by atoms with van der Waals surface area (Å²) in [5.41, 5.74) is 7.40. The van der Waals surface area contributed by atoms with Gasteiger partial charge in [0, 0.05) is 28.0 Å². The quantitative estimate of drug-likeness (QED) is 0.184. The number of ether oxygens (including phenoxy) is 1. The molecule has 6 rings (SSSR count). The predicted octanol–water partition coefficient (Wildman–Crippen LogP) is 8.82. The predicted molar refractivity (Wildman–Crippen MR) is 149 cm³/mol. The van der Waals surface area contributed by atoms with E-state index in [4.69, 9.17) is 9.15 Å². The van der Waals surface area contributed by atoms with Crippen LogP contribution in [0.4, 0.5) is 0 Å². The van der Waals surface area contributed by atoms with Crippen molar-refractivity contribution in [3.05, 3.63) is 65.5 Å². The van der Waals surface area contributed by atoms with Gasteiger partial charge in [-0.3, -0.25) is 0 Å². The number of aryl methyl sites for hydroxylation is 2. The minimum Gasteiger partial charge on any atom is -0.464 e. The van der Waals surface area contributed by atoms with Crippen molar-refractivity contribution in [3.8, 4) is 22.8 Å². The Morgan fingerprint density at radius 3 is 2.33 bits per heavy atom. The van der Waals surface area contributed by atoms with Crippen LogP contribution in [0.25, 0.3) is 43.8 Å². The van der Waals surface area contributed by atoms with E-state index >= 15 is 0 Å². The second-order valence-electron chi connectivity index (χ2n) is 13.0. The molecule has 3 heteroatoms. The molecule has 0 amide bonds. The van der Waals surface area contributed by atoms with Crippen LogP contribution in [0.5, 0.6) is 11.5 Å². The molecular formula is C33H36NO2+. The molecule has 184 valence electrons. The summed E-state index contributed by atoms with van der Waals surface area (Å²) in [6.07, 6.45) is 5.95. The molecule has 0 bridgehead atoms. The Hall–Kier alpha value is -3.33. The summed E-state index contributed by atoms with van der Waals surface area (Å²) in [6, 6.07) is 13.3. The van der Waals surface area contributed by atoms with Crippen LogP contribution in [-0.2, 0) is 19.9 Å². The van der Waals surface area contributed by atoms with Crippen LogP contribution in [0.2, 0.25) is 0 Å². The van der Waals surface area contributed by atoms with E-state index in [1.165, 1.54) is 38.4 Å². The highest BCUT2D eigenvalue weighted by molar-refractivity contribution is 6.17. The Morgan fingerprint density at radius 2 is 1.61 bits per heavy atom. The van der Waals surface area contributed by atoms with Crippen molar-refractivity contribution in [2.24, 2.45) is 17.9 Å². The molecule has 0 atom stereocenters. The lowest BCUT2D eigenvalue weighted by Gasteiger charge is -2.27. The van der Waals surface area contributed by atoms with Crippen LogP contribution in [0.1, 0.15) is 58.2 Å². The Bertz CT molecular complexity index is 1690. The number of aromatic nitrogens is 1. The van der Waals surface area contributed by atoms with Crippen LogP contribution in [0.15, 0.2) is 53.3 Å². The van der Waals surface area contributed by atoms with Gasteiger partial charge in [-0.05, 0) is 59.1 Å². The highest BCUT2D eigenvalue weighted by Gasteiger charge is 2.35. The molecule has 0 unspecified atom stereocenters. The number of rotatable bonds is 2. The monoisotopic (exact) mass is 478 g/mol. The van der Waals surface area contributed by atoms with E-state index in [1.807, 2.05) is 6.26 Å². The minimum atomic E-state index is 0.107. The Kier molecular flexibility index (Phi) is 4.87. The molecule has 2 aromatic heterocycles. The number of benzene rings is 3. The first-order valence-corrected chi connectivity index (χ1v) is 13.0. The highest BCUT2D eigenvalue weighted by atomic mass is 16.5. The normalized spacial score (nSPS) is 13.4. The molecule has 0 spiro atoms. The fourth-order valence-corrected chi connectivity index (χ4v) is 6.10.